The minimum Gasteiger partial charge on any atom is -0.379 e. The molecule has 0 radical (unpaired) electrons. The van der Waals surface area contributed by atoms with Gasteiger partial charge in [-0.05, 0) is 42.5 Å². The predicted octanol–water partition coefficient (Wildman–Crippen LogP) is 3.50. The highest BCUT2D eigenvalue weighted by Gasteiger charge is 2.30. The van der Waals surface area contributed by atoms with E-state index in [-0.39, 0.29) is 28.9 Å². The molecule has 2 heterocycles. The maximum absolute atomic E-state index is 13.3. The fourth-order valence-corrected chi connectivity index (χ4v) is 6.36. The Morgan fingerprint density at radius 2 is 1.83 bits per heavy atom. The Hall–Kier alpha value is -1.58. The summed E-state index contributed by atoms with van der Waals surface area (Å²) >= 11 is 7.96. The van der Waals surface area contributed by atoms with Crippen molar-refractivity contribution in [1.29, 1.82) is 0 Å². The van der Waals surface area contributed by atoms with E-state index in [0.29, 0.717) is 25.3 Å². The van der Waals surface area contributed by atoms with Crippen molar-refractivity contribution in [3.05, 3.63) is 53.1 Å². The summed E-state index contributed by atoms with van der Waals surface area (Å²) in [6.45, 7) is 1.81. The Morgan fingerprint density at radius 3 is 2.62 bits per heavy atom. The summed E-state index contributed by atoms with van der Waals surface area (Å²) in [6.07, 6.45) is 0.859. The van der Waals surface area contributed by atoms with Gasteiger partial charge in [-0.15, -0.1) is 11.8 Å². The molecule has 0 bridgehead atoms. The quantitative estimate of drug-likeness (QED) is 0.713. The van der Waals surface area contributed by atoms with Gasteiger partial charge < -0.3 is 9.64 Å². The topological polar surface area (TPSA) is 66.9 Å². The molecule has 6 nitrogen and oxygen atoms in total. The third kappa shape index (κ3) is 4.18. The molecule has 1 saturated heterocycles. The van der Waals surface area contributed by atoms with Crippen LogP contribution in [0.25, 0.3) is 0 Å². The first kappa shape index (κ1) is 20.7. The molecule has 1 amide bonds. The Bertz CT molecular complexity index is 1020. The number of hydrogen-bond donors (Lipinski definition) is 0. The van der Waals surface area contributed by atoms with E-state index >= 15 is 0 Å². The lowest BCUT2D eigenvalue weighted by Gasteiger charge is -2.27. The third-order valence-electron chi connectivity index (χ3n) is 4.95. The second-order valence-electron chi connectivity index (χ2n) is 6.79. The first-order valence-electron chi connectivity index (χ1n) is 9.39. The van der Waals surface area contributed by atoms with Gasteiger partial charge in [0, 0.05) is 30.1 Å². The number of hydrogen-bond acceptors (Lipinski definition) is 5. The molecule has 2 aliphatic rings. The lowest BCUT2D eigenvalue weighted by atomic mass is 10.1. The van der Waals surface area contributed by atoms with E-state index in [1.807, 2.05) is 24.3 Å². The number of ether oxygens (including phenoxy) is 1. The summed E-state index contributed by atoms with van der Waals surface area (Å²) in [6, 6.07) is 12.3. The molecule has 0 N–H and O–H groups in total. The van der Waals surface area contributed by atoms with E-state index in [1.54, 1.807) is 22.7 Å². The second-order valence-corrected chi connectivity index (χ2v) is 10.2. The van der Waals surface area contributed by atoms with Gasteiger partial charge in [-0.2, -0.15) is 4.31 Å². The lowest BCUT2D eigenvalue weighted by molar-refractivity contribution is 0.0730. The Morgan fingerprint density at radius 1 is 1.07 bits per heavy atom. The molecule has 2 aromatic carbocycles. The van der Waals surface area contributed by atoms with Gasteiger partial charge in [-0.25, -0.2) is 8.42 Å². The number of nitrogens with zero attached hydrogens (tertiary/aromatic N) is 2. The molecule has 154 valence electrons. The number of anilines is 1. The normalized spacial score (nSPS) is 18.2. The van der Waals surface area contributed by atoms with E-state index in [9.17, 15) is 13.2 Å². The van der Waals surface area contributed by atoms with Crippen LogP contribution < -0.4 is 4.90 Å². The highest BCUT2D eigenvalue weighted by Crippen LogP contribution is 2.35. The molecule has 2 aromatic rings. The molecule has 29 heavy (non-hydrogen) atoms. The number of benzene rings is 2. The smallest absolute Gasteiger partial charge is 0.258 e. The molecule has 0 atom stereocenters. The fourth-order valence-electron chi connectivity index (χ4n) is 3.45. The molecule has 2 aliphatic heterocycles. The predicted molar refractivity (Wildman–Crippen MR) is 114 cm³/mol. The Labute approximate surface area is 179 Å². The molecule has 0 aromatic heterocycles. The van der Waals surface area contributed by atoms with Crippen LogP contribution in [0.15, 0.2) is 52.3 Å². The minimum absolute atomic E-state index is 0.0376. The van der Waals surface area contributed by atoms with Gasteiger partial charge in [0.2, 0.25) is 10.0 Å². The van der Waals surface area contributed by atoms with Crippen molar-refractivity contribution in [2.45, 2.75) is 16.2 Å². The van der Waals surface area contributed by atoms with Gasteiger partial charge in [0.1, 0.15) is 4.90 Å². The zero-order chi connectivity index (χ0) is 20.4. The minimum atomic E-state index is -3.80. The van der Waals surface area contributed by atoms with Crippen LogP contribution in [-0.4, -0.2) is 57.2 Å². The van der Waals surface area contributed by atoms with Crippen molar-refractivity contribution in [3.63, 3.8) is 0 Å². The number of carbonyl (C=O) groups excluding carboxylic acids is 1. The van der Waals surface area contributed by atoms with Gasteiger partial charge >= 0.3 is 0 Å². The molecule has 4 rings (SSSR count). The van der Waals surface area contributed by atoms with E-state index < -0.39 is 10.0 Å². The van der Waals surface area contributed by atoms with E-state index in [1.165, 1.54) is 16.4 Å². The van der Waals surface area contributed by atoms with E-state index in [2.05, 4.69) is 0 Å². The second kappa shape index (κ2) is 8.65. The molecule has 0 aliphatic carbocycles. The van der Waals surface area contributed by atoms with E-state index in [0.717, 1.165) is 22.8 Å². The van der Waals surface area contributed by atoms with Crippen molar-refractivity contribution in [2.24, 2.45) is 0 Å². The van der Waals surface area contributed by atoms with Crippen molar-refractivity contribution < 1.29 is 17.9 Å². The van der Waals surface area contributed by atoms with Crippen LogP contribution in [0.4, 0.5) is 5.69 Å². The average Bonchev–Trinajstić information content (AvgIpc) is 2.96. The number of morpholine rings is 1. The number of amides is 1. The van der Waals surface area contributed by atoms with Crippen molar-refractivity contribution in [2.75, 3.05) is 43.5 Å². The fraction of sp³-hybridized carbons (Fsp3) is 0.350. The average molecular weight is 453 g/mol. The van der Waals surface area contributed by atoms with Gasteiger partial charge in [0.15, 0.2) is 0 Å². The first-order valence-corrected chi connectivity index (χ1v) is 12.2. The zero-order valence-electron chi connectivity index (χ0n) is 15.7. The van der Waals surface area contributed by atoms with Crippen LogP contribution >= 0.6 is 23.4 Å². The van der Waals surface area contributed by atoms with Gasteiger partial charge in [-0.1, -0.05) is 23.7 Å². The number of para-hydroxylation sites is 1. The number of rotatable bonds is 3. The van der Waals surface area contributed by atoms with Crippen LogP contribution in [0.5, 0.6) is 0 Å². The molecule has 0 saturated carbocycles. The molecule has 1 fully saturated rings. The molecule has 9 heteroatoms. The molecule has 0 unspecified atom stereocenters. The maximum Gasteiger partial charge on any atom is 0.258 e. The van der Waals surface area contributed by atoms with Crippen LogP contribution in [0.1, 0.15) is 16.8 Å². The first-order chi connectivity index (χ1) is 14.0. The van der Waals surface area contributed by atoms with Gasteiger partial charge in [0.05, 0.1) is 23.9 Å². The number of thioether (sulfide) groups is 1. The van der Waals surface area contributed by atoms with Crippen molar-refractivity contribution in [3.8, 4) is 0 Å². The highest BCUT2D eigenvalue weighted by atomic mass is 35.5. The molecular weight excluding hydrogens is 432 g/mol. The van der Waals surface area contributed by atoms with Crippen LogP contribution in [-0.2, 0) is 14.8 Å². The summed E-state index contributed by atoms with van der Waals surface area (Å²) in [7, 11) is -3.80. The Balaban J connectivity index is 1.70. The summed E-state index contributed by atoms with van der Waals surface area (Å²) in [5.74, 6) is 0.702. The standard InChI is InChI=1S/C20H21ClN2O4S2/c21-16-7-6-15(14-19(16)29(25,26)22-9-11-27-12-10-22)20(24)23-8-3-13-28-18-5-2-1-4-17(18)23/h1-2,4-7,14H,3,8-13H2. The third-order valence-corrected chi connectivity index (χ3v) is 8.48. The number of carbonyl (C=O) groups is 1. The molecular formula is C20H21ClN2O4S2. The summed E-state index contributed by atoms with van der Waals surface area (Å²) in [5.41, 5.74) is 1.16. The Kier molecular flexibility index (Phi) is 6.17. The van der Waals surface area contributed by atoms with Crippen LogP contribution in [0.2, 0.25) is 5.02 Å². The van der Waals surface area contributed by atoms with Gasteiger partial charge in [0.25, 0.3) is 5.91 Å². The number of halogens is 1. The lowest BCUT2D eigenvalue weighted by Crippen LogP contribution is -2.40. The number of sulfonamides is 1. The number of fused-ring (bicyclic) bond motifs is 1. The SMILES string of the molecule is O=C(c1ccc(Cl)c(S(=O)(=O)N2CCOCC2)c1)N1CCCSc2ccccc21. The summed E-state index contributed by atoms with van der Waals surface area (Å²) in [4.78, 5) is 16.1. The summed E-state index contributed by atoms with van der Waals surface area (Å²) in [5, 5.41) is 0.111. The van der Waals surface area contributed by atoms with Crippen LogP contribution in [0, 0.1) is 0 Å². The van der Waals surface area contributed by atoms with E-state index in [4.69, 9.17) is 16.3 Å². The van der Waals surface area contributed by atoms with Crippen molar-refractivity contribution in [1.82, 2.24) is 4.31 Å². The largest absolute Gasteiger partial charge is 0.379 e. The molecule has 0 spiro atoms. The zero-order valence-corrected chi connectivity index (χ0v) is 18.1. The van der Waals surface area contributed by atoms with Crippen molar-refractivity contribution >= 4 is 45.0 Å². The highest BCUT2D eigenvalue weighted by molar-refractivity contribution is 7.99. The van der Waals surface area contributed by atoms with Crippen LogP contribution in [0.3, 0.4) is 0 Å². The van der Waals surface area contributed by atoms with Gasteiger partial charge in [-0.3, -0.25) is 4.79 Å². The maximum atomic E-state index is 13.3. The monoisotopic (exact) mass is 452 g/mol. The summed E-state index contributed by atoms with van der Waals surface area (Å²) < 4.78 is 32.7.